The van der Waals surface area contributed by atoms with Gasteiger partial charge in [-0.25, -0.2) is 9.59 Å². The lowest BCUT2D eigenvalue weighted by molar-refractivity contribution is -0.151. The van der Waals surface area contributed by atoms with Crippen molar-refractivity contribution in [1.29, 1.82) is 0 Å². The Morgan fingerprint density at radius 1 is 1.25 bits per heavy atom. The van der Waals surface area contributed by atoms with Crippen molar-refractivity contribution >= 4 is 12.1 Å². The summed E-state index contributed by atoms with van der Waals surface area (Å²) in [6, 6.07) is -0.363. The van der Waals surface area contributed by atoms with Gasteiger partial charge < -0.3 is 9.47 Å². The van der Waals surface area contributed by atoms with E-state index in [4.69, 9.17) is 9.47 Å². The largest absolute Gasteiger partial charge is 0.464 e. The van der Waals surface area contributed by atoms with Crippen molar-refractivity contribution in [2.45, 2.75) is 65.1 Å². The van der Waals surface area contributed by atoms with E-state index < -0.39 is 17.7 Å². The molecular formula is C15H25NO4. The minimum Gasteiger partial charge on any atom is -0.464 e. The fraction of sp³-hybridized carbons (Fsp3) is 0.867. The quantitative estimate of drug-likeness (QED) is 0.731. The van der Waals surface area contributed by atoms with Gasteiger partial charge in [0.1, 0.15) is 11.6 Å². The van der Waals surface area contributed by atoms with Crippen molar-refractivity contribution in [3.63, 3.8) is 0 Å². The van der Waals surface area contributed by atoms with Crippen LogP contribution < -0.4 is 0 Å². The van der Waals surface area contributed by atoms with E-state index >= 15 is 0 Å². The molecule has 0 aromatic carbocycles. The molecule has 1 heterocycles. The van der Waals surface area contributed by atoms with E-state index in [0.29, 0.717) is 12.5 Å². The summed E-state index contributed by atoms with van der Waals surface area (Å²) in [5, 5.41) is 0. The number of rotatable bonds is 2. The highest BCUT2D eigenvalue weighted by molar-refractivity contribution is 5.83. The summed E-state index contributed by atoms with van der Waals surface area (Å²) >= 11 is 0. The minimum absolute atomic E-state index is 0.110. The maximum Gasteiger partial charge on any atom is 0.411 e. The Bertz CT molecular complexity index is 401. The highest BCUT2D eigenvalue weighted by atomic mass is 16.6. The molecule has 2 aliphatic rings. The molecule has 0 aromatic rings. The maximum absolute atomic E-state index is 12.4. The average Bonchev–Trinajstić information content (AvgIpc) is 2.82. The van der Waals surface area contributed by atoms with Gasteiger partial charge in [0.15, 0.2) is 0 Å². The number of ether oxygens (including phenoxy) is 2. The van der Waals surface area contributed by atoms with E-state index in [0.717, 1.165) is 12.8 Å². The van der Waals surface area contributed by atoms with Crippen LogP contribution in [0.5, 0.6) is 0 Å². The highest BCUT2D eigenvalue weighted by Crippen LogP contribution is 2.47. The van der Waals surface area contributed by atoms with E-state index in [-0.39, 0.29) is 17.9 Å². The van der Waals surface area contributed by atoms with Crippen LogP contribution in [0.3, 0.4) is 0 Å². The van der Waals surface area contributed by atoms with Gasteiger partial charge >= 0.3 is 12.1 Å². The van der Waals surface area contributed by atoms with E-state index in [9.17, 15) is 9.59 Å². The van der Waals surface area contributed by atoms with Crippen LogP contribution in [0.2, 0.25) is 0 Å². The van der Waals surface area contributed by atoms with Crippen molar-refractivity contribution in [3.05, 3.63) is 0 Å². The average molecular weight is 283 g/mol. The first-order chi connectivity index (χ1) is 9.24. The highest BCUT2D eigenvalue weighted by Gasteiger charge is 2.56. The molecule has 1 saturated heterocycles. The summed E-state index contributed by atoms with van der Waals surface area (Å²) in [6.45, 7) is 9.77. The fourth-order valence-electron chi connectivity index (χ4n) is 3.44. The van der Waals surface area contributed by atoms with Crippen LogP contribution >= 0.6 is 0 Å². The Hall–Kier alpha value is -1.26. The van der Waals surface area contributed by atoms with Gasteiger partial charge in [-0.05, 0) is 52.4 Å². The second kappa shape index (κ2) is 5.26. The molecule has 0 aromatic heterocycles. The van der Waals surface area contributed by atoms with E-state index in [1.165, 1.54) is 0 Å². The lowest BCUT2D eigenvalue weighted by atomic mass is 9.89. The number of piperidine rings is 1. The van der Waals surface area contributed by atoms with Crippen LogP contribution in [0.1, 0.15) is 47.5 Å². The van der Waals surface area contributed by atoms with Crippen molar-refractivity contribution in [2.75, 3.05) is 6.61 Å². The normalized spacial score (nSPS) is 32.4. The molecule has 114 valence electrons. The first-order valence-electron chi connectivity index (χ1n) is 7.42. The van der Waals surface area contributed by atoms with Crippen LogP contribution in [0.25, 0.3) is 0 Å². The molecule has 5 heteroatoms. The number of esters is 1. The molecule has 0 N–H and O–H groups in total. The number of hydrogen-bond donors (Lipinski definition) is 0. The van der Waals surface area contributed by atoms with Crippen molar-refractivity contribution in [3.8, 4) is 0 Å². The summed E-state index contributed by atoms with van der Waals surface area (Å²) < 4.78 is 10.6. The summed E-state index contributed by atoms with van der Waals surface area (Å²) in [6.07, 6.45) is 1.43. The van der Waals surface area contributed by atoms with Crippen LogP contribution in [0, 0.1) is 11.8 Å². The first kappa shape index (κ1) is 15.1. The van der Waals surface area contributed by atoms with Gasteiger partial charge in [0, 0.05) is 6.04 Å². The molecule has 2 bridgehead atoms. The second-order valence-electron chi connectivity index (χ2n) is 6.85. The van der Waals surface area contributed by atoms with Crippen LogP contribution in [0.15, 0.2) is 0 Å². The number of hydrogen-bond acceptors (Lipinski definition) is 4. The molecule has 1 amide bonds. The third-order valence-corrected chi connectivity index (χ3v) is 4.15. The second-order valence-corrected chi connectivity index (χ2v) is 6.85. The molecule has 0 radical (unpaired) electrons. The third-order valence-electron chi connectivity index (χ3n) is 4.15. The molecule has 1 saturated carbocycles. The molecule has 5 nitrogen and oxygen atoms in total. The smallest absolute Gasteiger partial charge is 0.411 e. The lowest BCUT2D eigenvalue weighted by Crippen LogP contribution is -2.52. The summed E-state index contributed by atoms with van der Waals surface area (Å²) in [7, 11) is 0. The number of carbonyl (C=O) groups is 2. The number of likely N-dealkylation sites (tertiary alicyclic amines) is 1. The fourth-order valence-corrected chi connectivity index (χ4v) is 3.44. The predicted molar refractivity (Wildman–Crippen MR) is 74.2 cm³/mol. The van der Waals surface area contributed by atoms with Crippen molar-refractivity contribution in [1.82, 2.24) is 4.90 Å². The maximum atomic E-state index is 12.4. The SMILES string of the molecule is CCOC(=O)[C@@H]1[C@@H]2C[C@@H](C[C@H]2C)N1C(=O)OC(C)(C)C. The number of carbonyl (C=O) groups excluding carboxylic acids is 2. The molecule has 1 aliphatic heterocycles. The molecule has 1 aliphatic carbocycles. The van der Waals surface area contributed by atoms with Gasteiger partial charge in [0.25, 0.3) is 0 Å². The molecule has 2 fully saturated rings. The number of fused-ring (bicyclic) bond motifs is 2. The standard InChI is InChI=1S/C15H25NO4/c1-6-19-13(17)12-11-8-10(7-9(11)2)16(12)14(18)20-15(3,4)5/h9-12H,6-8H2,1-5H3/t9-,10-,11-,12+/m1/s1. The molecule has 4 atom stereocenters. The Morgan fingerprint density at radius 3 is 2.45 bits per heavy atom. The first-order valence-corrected chi connectivity index (χ1v) is 7.42. The zero-order valence-electron chi connectivity index (χ0n) is 13.0. The Morgan fingerprint density at radius 2 is 1.90 bits per heavy atom. The van der Waals surface area contributed by atoms with Gasteiger partial charge in [-0.15, -0.1) is 0 Å². The molecule has 0 spiro atoms. The molecular weight excluding hydrogens is 258 g/mol. The molecule has 0 unspecified atom stereocenters. The summed E-state index contributed by atoms with van der Waals surface area (Å²) in [5.74, 6) is 0.358. The summed E-state index contributed by atoms with van der Waals surface area (Å²) in [4.78, 5) is 26.2. The van der Waals surface area contributed by atoms with Gasteiger partial charge in [0.05, 0.1) is 6.61 Å². The monoisotopic (exact) mass is 283 g/mol. The Kier molecular flexibility index (Phi) is 3.98. The third kappa shape index (κ3) is 2.76. The Labute approximate surface area is 120 Å². The van der Waals surface area contributed by atoms with E-state index in [2.05, 4.69) is 6.92 Å². The van der Waals surface area contributed by atoms with Crippen LogP contribution in [0.4, 0.5) is 4.79 Å². The van der Waals surface area contributed by atoms with Gasteiger partial charge in [0.2, 0.25) is 0 Å². The zero-order valence-corrected chi connectivity index (χ0v) is 13.0. The molecule has 20 heavy (non-hydrogen) atoms. The van der Waals surface area contributed by atoms with Gasteiger partial charge in [-0.2, -0.15) is 0 Å². The van der Waals surface area contributed by atoms with E-state index in [1.807, 2.05) is 20.8 Å². The summed E-state index contributed by atoms with van der Waals surface area (Å²) in [5.41, 5.74) is -0.552. The van der Waals surface area contributed by atoms with Crippen molar-refractivity contribution < 1.29 is 19.1 Å². The molecule has 2 rings (SSSR count). The zero-order chi connectivity index (χ0) is 15.1. The topological polar surface area (TPSA) is 55.8 Å². The minimum atomic E-state index is -0.552. The van der Waals surface area contributed by atoms with Gasteiger partial charge in [-0.1, -0.05) is 6.92 Å². The van der Waals surface area contributed by atoms with E-state index in [1.54, 1.807) is 11.8 Å². The van der Waals surface area contributed by atoms with Gasteiger partial charge in [-0.3, -0.25) is 4.90 Å². The number of nitrogens with zero attached hydrogens (tertiary/aromatic N) is 1. The van der Waals surface area contributed by atoms with Crippen LogP contribution in [-0.4, -0.2) is 41.3 Å². The van der Waals surface area contributed by atoms with Crippen molar-refractivity contribution in [2.24, 2.45) is 11.8 Å². The Balaban J connectivity index is 2.17. The lowest BCUT2D eigenvalue weighted by Gasteiger charge is -2.37. The predicted octanol–water partition coefficient (Wildman–Crippen LogP) is 2.58. The number of amides is 1. The van der Waals surface area contributed by atoms with Crippen LogP contribution in [-0.2, 0) is 14.3 Å².